The predicted octanol–water partition coefficient (Wildman–Crippen LogP) is 3.46. The third-order valence-electron chi connectivity index (χ3n) is 3.94. The first-order valence-corrected chi connectivity index (χ1v) is 8.09. The number of ether oxygens (including phenoxy) is 2. The lowest BCUT2D eigenvalue weighted by molar-refractivity contribution is -0.136. The van der Waals surface area contributed by atoms with E-state index in [1.54, 1.807) is 18.9 Å². The van der Waals surface area contributed by atoms with Crippen LogP contribution < -0.4 is 4.74 Å². The summed E-state index contributed by atoms with van der Waals surface area (Å²) >= 11 is 1.57. The summed E-state index contributed by atoms with van der Waals surface area (Å²) in [6, 6.07) is 7.49. The summed E-state index contributed by atoms with van der Waals surface area (Å²) in [4.78, 5) is 19.0. The summed E-state index contributed by atoms with van der Waals surface area (Å²) in [5.74, 6) is 0.428. The Hall–Kier alpha value is -2.21. The standard InChI is InChI=1S/C17H18N2O3S/c1-10-9-23-17-18-11(2)14(16(20)22-4)15(19(10)17)12-5-7-13(21-3)8-6-12/h5-9,15H,1-4H3/t15-/m1/s1. The van der Waals surface area contributed by atoms with E-state index >= 15 is 0 Å². The number of thioether (sulfide) groups is 1. The number of aliphatic imine (C=N–C) groups is 1. The van der Waals surface area contributed by atoms with Crippen LogP contribution in [0.1, 0.15) is 25.5 Å². The van der Waals surface area contributed by atoms with Crippen molar-refractivity contribution in [2.24, 2.45) is 4.99 Å². The molecule has 0 radical (unpaired) electrons. The highest BCUT2D eigenvalue weighted by Gasteiger charge is 2.39. The molecule has 0 saturated heterocycles. The highest BCUT2D eigenvalue weighted by molar-refractivity contribution is 8.16. The molecule has 0 aliphatic carbocycles. The Morgan fingerprint density at radius 3 is 2.52 bits per heavy atom. The first-order valence-electron chi connectivity index (χ1n) is 7.21. The third-order valence-corrected chi connectivity index (χ3v) is 4.90. The van der Waals surface area contributed by atoms with Crippen LogP contribution in [-0.4, -0.2) is 30.3 Å². The van der Waals surface area contributed by atoms with Gasteiger partial charge in [0.2, 0.25) is 0 Å². The maximum Gasteiger partial charge on any atom is 0.338 e. The van der Waals surface area contributed by atoms with Crippen molar-refractivity contribution < 1.29 is 14.3 Å². The van der Waals surface area contributed by atoms with Gasteiger partial charge in [0, 0.05) is 5.70 Å². The number of allylic oxidation sites excluding steroid dienone is 2. The van der Waals surface area contributed by atoms with Crippen molar-refractivity contribution in [2.45, 2.75) is 19.9 Å². The van der Waals surface area contributed by atoms with Crippen LogP contribution in [0, 0.1) is 0 Å². The van der Waals surface area contributed by atoms with E-state index in [0.29, 0.717) is 11.3 Å². The topological polar surface area (TPSA) is 51.1 Å². The SMILES string of the molecule is COC(=O)C1=C(C)N=C2SC=C(C)N2[C@@H]1c1ccc(OC)cc1. The van der Waals surface area contributed by atoms with Crippen molar-refractivity contribution in [3.8, 4) is 5.75 Å². The van der Waals surface area contributed by atoms with E-state index in [4.69, 9.17) is 9.47 Å². The van der Waals surface area contributed by atoms with Gasteiger partial charge in [-0.25, -0.2) is 9.79 Å². The summed E-state index contributed by atoms with van der Waals surface area (Å²) in [6.07, 6.45) is 0. The number of carbonyl (C=O) groups is 1. The lowest BCUT2D eigenvalue weighted by atomic mass is 9.94. The molecule has 0 N–H and O–H groups in total. The number of methoxy groups -OCH3 is 2. The number of hydrogen-bond donors (Lipinski definition) is 0. The predicted molar refractivity (Wildman–Crippen MR) is 91.1 cm³/mol. The van der Waals surface area contributed by atoms with E-state index in [2.05, 4.69) is 9.89 Å². The van der Waals surface area contributed by atoms with E-state index in [9.17, 15) is 4.79 Å². The number of hydrogen-bond acceptors (Lipinski definition) is 6. The van der Waals surface area contributed by atoms with E-state index in [0.717, 1.165) is 22.2 Å². The second-order valence-electron chi connectivity index (χ2n) is 5.31. The van der Waals surface area contributed by atoms with Crippen LogP contribution in [0.2, 0.25) is 0 Å². The third kappa shape index (κ3) is 2.63. The Kier molecular flexibility index (Phi) is 4.17. The van der Waals surface area contributed by atoms with Gasteiger partial charge in [-0.2, -0.15) is 0 Å². The molecule has 120 valence electrons. The number of esters is 1. The van der Waals surface area contributed by atoms with Crippen LogP contribution in [0.3, 0.4) is 0 Å². The minimum atomic E-state index is -0.351. The molecule has 1 atom stereocenters. The zero-order valence-electron chi connectivity index (χ0n) is 13.5. The molecule has 1 aromatic carbocycles. The van der Waals surface area contributed by atoms with Gasteiger partial charge in [0.15, 0.2) is 5.17 Å². The number of benzene rings is 1. The van der Waals surface area contributed by atoms with E-state index in [1.807, 2.05) is 43.5 Å². The summed E-state index contributed by atoms with van der Waals surface area (Å²) in [7, 11) is 3.03. The van der Waals surface area contributed by atoms with Gasteiger partial charge in [-0.15, -0.1) is 0 Å². The van der Waals surface area contributed by atoms with Crippen molar-refractivity contribution >= 4 is 22.9 Å². The summed E-state index contributed by atoms with van der Waals surface area (Å²) in [5, 5.41) is 2.93. The molecule has 2 aliphatic heterocycles. The van der Waals surface area contributed by atoms with Gasteiger partial charge in [-0.3, -0.25) is 0 Å². The molecule has 0 amide bonds. The van der Waals surface area contributed by atoms with Crippen LogP contribution in [0.25, 0.3) is 0 Å². The molecule has 0 unspecified atom stereocenters. The smallest absolute Gasteiger partial charge is 0.338 e. The quantitative estimate of drug-likeness (QED) is 0.794. The van der Waals surface area contributed by atoms with Crippen LogP contribution >= 0.6 is 11.8 Å². The van der Waals surface area contributed by atoms with Gasteiger partial charge < -0.3 is 14.4 Å². The van der Waals surface area contributed by atoms with Crippen molar-refractivity contribution in [2.75, 3.05) is 14.2 Å². The fraction of sp³-hybridized carbons (Fsp3) is 0.294. The average Bonchev–Trinajstić information content (AvgIpc) is 2.93. The molecule has 2 aliphatic rings. The summed E-state index contributed by atoms with van der Waals surface area (Å²) in [5.41, 5.74) is 3.31. The van der Waals surface area contributed by atoms with Crippen molar-refractivity contribution in [1.82, 2.24) is 4.90 Å². The Balaban J connectivity index is 2.13. The number of amidine groups is 1. The second-order valence-corrected chi connectivity index (χ2v) is 6.14. The van der Waals surface area contributed by atoms with Crippen LogP contribution in [0.5, 0.6) is 5.75 Å². The van der Waals surface area contributed by atoms with E-state index < -0.39 is 0 Å². The van der Waals surface area contributed by atoms with Crippen molar-refractivity contribution in [3.05, 3.63) is 52.2 Å². The number of carbonyl (C=O) groups excluding carboxylic acids is 1. The zero-order chi connectivity index (χ0) is 16.6. The second kappa shape index (κ2) is 6.12. The fourth-order valence-electron chi connectivity index (χ4n) is 2.80. The van der Waals surface area contributed by atoms with Crippen molar-refractivity contribution in [3.63, 3.8) is 0 Å². The largest absolute Gasteiger partial charge is 0.497 e. The fourth-order valence-corrected chi connectivity index (χ4v) is 3.74. The molecular formula is C17H18N2O3S. The van der Waals surface area contributed by atoms with Crippen LogP contribution in [0.4, 0.5) is 0 Å². The molecule has 0 fully saturated rings. The highest BCUT2D eigenvalue weighted by Crippen LogP contribution is 2.43. The lowest BCUT2D eigenvalue weighted by Gasteiger charge is -2.35. The van der Waals surface area contributed by atoms with Gasteiger partial charge >= 0.3 is 5.97 Å². The average molecular weight is 330 g/mol. The maximum atomic E-state index is 12.4. The van der Waals surface area contributed by atoms with Gasteiger partial charge in [0.05, 0.1) is 31.5 Å². The minimum absolute atomic E-state index is 0.243. The normalized spacial score (nSPS) is 20.0. The molecule has 6 heteroatoms. The molecule has 5 nitrogen and oxygen atoms in total. The Bertz CT molecular complexity index is 735. The maximum absolute atomic E-state index is 12.4. The minimum Gasteiger partial charge on any atom is -0.497 e. The summed E-state index contributed by atoms with van der Waals surface area (Å²) < 4.78 is 10.2. The Labute approximate surface area is 139 Å². The van der Waals surface area contributed by atoms with Gasteiger partial charge in [-0.1, -0.05) is 23.9 Å². The Morgan fingerprint density at radius 1 is 1.22 bits per heavy atom. The lowest BCUT2D eigenvalue weighted by Crippen LogP contribution is -2.35. The molecule has 0 bridgehead atoms. The first-order chi connectivity index (χ1) is 11.1. The van der Waals surface area contributed by atoms with Gasteiger partial charge in [0.25, 0.3) is 0 Å². The van der Waals surface area contributed by atoms with Gasteiger partial charge in [-0.05, 0) is 37.0 Å². The number of fused-ring (bicyclic) bond motifs is 1. The highest BCUT2D eigenvalue weighted by atomic mass is 32.2. The monoisotopic (exact) mass is 330 g/mol. The molecule has 23 heavy (non-hydrogen) atoms. The Morgan fingerprint density at radius 2 is 1.91 bits per heavy atom. The van der Waals surface area contributed by atoms with E-state index in [1.165, 1.54) is 7.11 Å². The number of nitrogens with zero attached hydrogens (tertiary/aromatic N) is 2. The molecule has 0 spiro atoms. The number of rotatable bonds is 3. The van der Waals surface area contributed by atoms with Crippen LogP contribution in [0.15, 0.2) is 51.6 Å². The van der Waals surface area contributed by atoms with Gasteiger partial charge in [0.1, 0.15) is 5.75 Å². The molecule has 1 aromatic rings. The van der Waals surface area contributed by atoms with Crippen LogP contribution in [-0.2, 0) is 9.53 Å². The van der Waals surface area contributed by atoms with Crippen molar-refractivity contribution in [1.29, 1.82) is 0 Å². The molecule has 0 saturated carbocycles. The zero-order valence-corrected chi connectivity index (χ0v) is 14.3. The molecule has 0 aromatic heterocycles. The molecule has 2 heterocycles. The molecule has 3 rings (SSSR count). The first kappa shape index (κ1) is 15.7. The van der Waals surface area contributed by atoms with E-state index in [-0.39, 0.29) is 12.0 Å². The summed E-state index contributed by atoms with van der Waals surface area (Å²) in [6.45, 7) is 3.86. The molecular weight excluding hydrogens is 312 g/mol.